The molecule has 29 heavy (non-hydrogen) atoms. The van der Waals surface area contributed by atoms with Crippen LogP contribution in [-0.2, 0) is 4.79 Å². The number of carboxylic acids is 1. The average Bonchev–Trinajstić information content (AvgIpc) is 3.22. The van der Waals surface area contributed by atoms with Crippen LogP contribution >= 0.6 is 27.7 Å². The number of hydrogen-bond acceptors (Lipinski definition) is 5. The highest BCUT2D eigenvalue weighted by Gasteiger charge is 2.32. The monoisotopic (exact) mass is 473 g/mol. The molecule has 150 valence electrons. The number of rotatable bonds is 7. The normalized spacial score (nSPS) is 18.7. The molecule has 3 aromatic rings. The molecule has 2 atom stereocenters. The van der Waals surface area contributed by atoms with Crippen molar-refractivity contribution in [1.29, 1.82) is 0 Å². The third kappa shape index (κ3) is 4.86. The van der Waals surface area contributed by atoms with Crippen LogP contribution in [0.5, 0.6) is 11.5 Å². The molecule has 7 heteroatoms. The first-order valence-electron chi connectivity index (χ1n) is 9.24. The van der Waals surface area contributed by atoms with Crippen LogP contribution in [0.2, 0.25) is 0 Å². The summed E-state index contributed by atoms with van der Waals surface area (Å²) in [6.45, 7) is 0.804. The lowest BCUT2D eigenvalue weighted by Gasteiger charge is -2.17. The standard InChI is InChI=1S/C22H20BrNO4S/c23-16-6-8-20(18(12-16)21-24-19(13-29-21)22(25)26)28-10-9-27-17-7-5-14-3-1-2-4-15(14)11-17/h1-8,11-12,19,21,24H,9-10,13H2,(H,25,26). The maximum Gasteiger partial charge on any atom is 0.321 e. The maximum atomic E-state index is 11.2. The Morgan fingerprint density at radius 3 is 2.66 bits per heavy atom. The van der Waals surface area contributed by atoms with Gasteiger partial charge in [-0.2, -0.15) is 0 Å². The largest absolute Gasteiger partial charge is 0.490 e. The summed E-state index contributed by atoms with van der Waals surface area (Å²) in [7, 11) is 0. The zero-order valence-electron chi connectivity index (χ0n) is 15.5. The second-order valence-corrected chi connectivity index (χ2v) is 8.71. The molecule has 0 aromatic heterocycles. The van der Waals surface area contributed by atoms with E-state index >= 15 is 0 Å². The van der Waals surface area contributed by atoms with Crippen molar-refractivity contribution in [3.63, 3.8) is 0 Å². The summed E-state index contributed by atoms with van der Waals surface area (Å²) in [6.07, 6.45) is 0. The van der Waals surface area contributed by atoms with Gasteiger partial charge in [0.05, 0.1) is 5.37 Å². The van der Waals surface area contributed by atoms with Crippen LogP contribution in [0.1, 0.15) is 10.9 Å². The number of ether oxygens (including phenoxy) is 2. The van der Waals surface area contributed by atoms with Gasteiger partial charge in [-0.1, -0.05) is 46.3 Å². The van der Waals surface area contributed by atoms with E-state index in [4.69, 9.17) is 9.47 Å². The Bertz CT molecular complexity index is 1030. The van der Waals surface area contributed by atoms with Gasteiger partial charge in [0.15, 0.2) is 0 Å². The zero-order valence-corrected chi connectivity index (χ0v) is 17.9. The Hall–Kier alpha value is -2.22. The van der Waals surface area contributed by atoms with Gasteiger partial charge in [-0.3, -0.25) is 10.1 Å². The molecule has 0 radical (unpaired) electrons. The molecule has 1 fully saturated rings. The van der Waals surface area contributed by atoms with E-state index in [1.807, 2.05) is 48.5 Å². The van der Waals surface area contributed by atoms with Crippen molar-refractivity contribution in [2.75, 3.05) is 19.0 Å². The molecular weight excluding hydrogens is 454 g/mol. The lowest BCUT2D eigenvalue weighted by molar-refractivity contribution is -0.138. The summed E-state index contributed by atoms with van der Waals surface area (Å²) in [5.41, 5.74) is 0.929. The summed E-state index contributed by atoms with van der Waals surface area (Å²) in [5, 5.41) is 14.6. The lowest BCUT2D eigenvalue weighted by atomic mass is 10.1. The van der Waals surface area contributed by atoms with E-state index in [1.165, 1.54) is 5.39 Å². The van der Waals surface area contributed by atoms with Crippen molar-refractivity contribution in [2.24, 2.45) is 0 Å². The van der Waals surface area contributed by atoms with Crippen molar-refractivity contribution >= 4 is 44.4 Å². The highest BCUT2D eigenvalue weighted by molar-refractivity contribution is 9.10. The number of carbonyl (C=O) groups is 1. The molecule has 2 N–H and O–H groups in total. The van der Waals surface area contributed by atoms with Gasteiger partial charge in [0, 0.05) is 15.8 Å². The molecule has 3 aromatic carbocycles. The van der Waals surface area contributed by atoms with Crippen LogP contribution in [0.15, 0.2) is 65.1 Å². The third-order valence-electron chi connectivity index (χ3n) is 4.67. The Kier molecular flexibility index (Phi) is 6.28. The molecule has 4 rings (SSSR count). The van der Waals surface area contributed by atoms with Gasteiger partial charge in [0.1, 0.15) is 30.8 Å². The summed E-state index contributed by atoms with van der Waals surface area (Å²) in [6, 6.07) is 19.4. The van der Waals surface area contributed by atoms with Gasteiger partial charge >= 0.3 is 5.97 Å². The molecule has 1 aliphatic heterocycles. The van der Waals surface area contributed by atoms with E-state index in [1.54, 1.807) is 11.8 Å². The predicted octanol–water partition coefficient (Wildman–Crippen LogP) is 4.85. The molecule has 0 spiro atoms. The first kappa shape index (κ1) is 20.1. The van der Waals surface area contributed by atoms with Gasteiger partial charge in [-0.15, -0.1) is 11.8 Å². The highest BCUT2D eigenvalue weighted by atomic mass is 79.9. The van der Waals surface area contributed by atoms with Crippen molar-refractivity contribution in [1.82, 2.24) is 5.32 Å². The molecule has 5 nitrogen and oxygen atoms in total. The van der Waals surface area contributed by atoms with E-state index in [0.29, 0.717) is 19.0 Å². The summed E-state index contributed by atoms with van der Waals surface area (Å²) in [5.74, 6) is 1.23. The molecule has 2 unspecified atom stereocenters. The SMILES string of the molecule is O=C(O)C1CSC(c2cc(Br)ccc2OCCOc2ccc3ccccc3c2)N1. The Balaban J connectivity index is 1.37. The molecule has 1 saturated heterocycles. The number of nitrogens with one attached hydrogen (secondary N) is 1. The maximum absolute atomic E-state index is 11.2. The highest BCUT2D eigenvalue weighted by Crippen LogP contribution is 2.39. The summed E-state index contributed by atoms with van der Waals surface area (Å²) in [4.78, 5) is 11.2. The number of halogens is 1. The van der Waals surface area contributed by atoms with Crippen LogP contribution in [-0.4, -0.2) is 36.1 Å². The predicted molar refractivity (Wildman–Crippen MR) is 119 cm³/mol. The molecule has 0 amide bonds. The molecule has 1 aliphatic rings. The first-order chi connectivity index (χ1) is 14.1. The van der Waals surface area contributed by atoms with E-state index in [0.717, 1.165) is 26.9 Å². The van der Waals surface area contributed by atoms with Crippen LogP contribution in [0, 0.1) is 0 Å². The van der Waals surface area contributed by atoms with Crippen LogP contribution < -0.4 is 14.8 Å². The fraction of sp³-hybridized carbons (Fsp3) is 0.227. The second-order valence-electron chi connectivity index (χ2n) is 6.66. The van der Waals surface area contributed by atoms with Crippen LogP contribution in [0.4, 0.5) is 0 Å². The number of fused-ring (bicyclic) bond motifs is 1. The molecule has 0 aliphatic carbocycles. The van der Waals surface area contributed by atoms with Gasteiger partial charge in [-0.25, -0.2) is 0 Å². The Morgan fingerprint density at radius 1 is 1.07 bits per heavy atom. The number of thioether (sulfide) groups is 1. The molecule has 0 bridgehead atoms. The summed E-state index contributed by atoms with van der Waals surface area (Å²) >= 11 is 5.05. The minimum atomic E-state index is -0.832. The van der Waals surface area contributed by atoms with E-state index < -0.39 is 12.0 Å². The van der Waals surface area contributed by atoms with E-state index in [9.17, 15) is 9.90 Å². The topological polar surface area (TPSA) is 67.8 Å². The lowest BCUT2D eigenvalue weighted by Crippen LogP contribution is -2.33. The van der Waals surface area contributed by atoms with Gasteiger partial charge in [0.25, 0.3) is 0 Å². The van der Waals surface area contributed by atoms with Gasteiger partial charge in [-0.05, 0) is 41.1 Å². The minimum Gasteiger partial charge on any atom is -0.490 e. The van der Waals surface area contributed by atoms with E-state index in [-0.39, 0.29) is 5.37 Å². The van der Waals surface area contributed by atoms with Crippen molar-refractivity contribution < 1.29 is 19.4 Å². The van der Waals surface area contributed by atoms with Crippen molar-refractivity contribution in [2.45, 2.75) is 11.4 Å². The Labute approximate surface area is 181 Å². The zero-order chi connectivity index (χ0) is 20.2. The van der Waals surface area contributed by atoms with Crippen LogP contribution in [0.3, 0.4) is 0 Å². The molecule has 0 saturated carbocycles. The first-order valence-corrected chi connectivity index (χ1v) is 11.1. The molecule has 1 heterocycles. The van der Waals surface area contributed by atoms with Gasteiger partial charge in [0.2, 0.25) is 0 Å². The van der Waals surface area contributed by atoms with Crippen LogP contribution in [0.25, 0.3) is 10.8 Å². The number of aliphatic carboxylic acids is 1. The fourth-order valence-corrected chi connectivity index (χ4v) is 4.84. The van der Waals surface area contributed by atoms with Gasteiger partial charge < -0.3 is 14.6 Å². The molecular formula is C22H20BrNO4S. The quantitative estimate of drug-likeness (QED) is 0.478. The fourth-order valence-electron chi connectivity index (χ4n) is 3.22. The van der Waals surface area contributed by atoms with E-state index in [2.05, 4.69) is 33.4 Å². The average molecular weight is 474 g/mol. The number of hydrogen-bond donors (Lipinski definition) is 2. The minimum absolute atomic E-state index is 0.120. The smallest absolute Gasteiger partial charge is 0.321 e. The van der Waals surface area contributed by atoms with Crippen molar-refractivity contribution in [3.8, 4) is 11.5 Å². The third-order valence-corrected chi connectivity index (χ3v) is 6.41. The van der Waals surface area contributed by atoms with Crippen molar-refractivity contribution in [3.05, 3.63) is 70.7 Å². The number of benzene rings is 3. The summed E-state index contributed by atoms with van der Waals surface area (Å²) < 4.78 is 12.7. The second kappa shape index (κ2) is 9.07. The number of carboxylic acid groups (broad SMARTS) is 1. The Morgan fingerprint density at radius 2 is 1.86 bits per heavy atom.